The van der Waals surface area contributed by atoms with E-state index >= 15 is 0 Å². The summed E-state index contributed by atoms with van der Waals surface area (Å²) < 4.78 is 4.74. The molecule has 19 heavy (non-hydrogen) atoms. The van der Waals surface area contributed by atoms with E-state index in [2.05, 4.69) is 6.92 Å². The molecule has 0 aliphatic rings. The van der Waals surface area contributed by atoms with Gasteiger partial charge in [0.15, 0.2) is 0 Å². The molecule has 0 aromatic heterocycles. The zero-order valence-corrected chi connectivity index (χ0v) is 13.1. The van der Waals surface area contributed by atoms with Gasteiger partial charge in [-0.25, -0.2) is 0 Å². The number of carbonyl (C=O) groups excluding carboxylic acids is 2. The average molecular weight is 270 g/mol. The molecule has 0 rings (SSSR count). The molecular formula is C16H30O3. The Morgan fingerprint density at radius 2 is 1.47 bits per heavy atom. The molecule has 0 spiro atoms. The second-order valence-corrected chi connectivity index (χ2v) is 5.47. The van der Waals surface area contributed by atoms with Gasteiger partial charge >= 0.3 is 5.97 Å². The number of Topliss-reactive ketones (excluding diaryl/α,β-unsaturated/α-hetero) is 1. The zero-order chi connectivity index (χ0) is 14.7. The molecule has 0 aromatic carbocycles. The van der Waals surface area contributed by atoms with Crippen LogP contribution in [0.4, 0.5) is 0 Å². The molecule has 0 saturated heterocycles. The summed E-state index contributed by atoms with van der Waals surface area (Å²) in [4.78, 5) is 23.8. The zero-order valence-electron chi connectivity index (χ0n) is 13.1. The highest BCUT2D eigenvalue weighted by Gasteiger charge is 2.39. The maximum atomic E-state index is 12.1. The summed E-state index contributed by atoms with van der Waals surface area (Å²) in [6.45, 7) is 5.76. The normalized spacial score (nSPS) is 13.9. The van der Waals surface area contributed by atoms with Crippen molar-refractivity contribution in [3.8, 4) is 0 Å². The van der Waals surface area contributed by atoms with Gasteiger partial charge in [-0.2, -0.15) is 0 Å². The Morgan fingerprint density at radius 3 is 1.95 bits per heavy atom. The van der Waals surface area contributed by atoms with Gasteiger partial charge in [0, 0.05) is 6.42 Å². The number of carbonyl (C=O) groups is 2. The summed E-state index contributed by atoms with van der Waals surface area (Å²) >= 11 is 0. The number of hydrogen-bond acceptors (Lipinski definition) is 3. The molecule has 112 valence electrons. The van der Waals surface area contributed by atoms with Crippen molar-refractivity contribution in [2.45, 2.75) is 78.6 Å². The van der Waals surface area contributed by atoms with Crippen molar-refractivity contribution in [2.75, 3.05) is 7.11 Å². The first-order valence-corrected chi connectivity index (χ1v) is 7.64. The van der Waals surface area contributed by atoms with Crippen molar-refractivity contribution >= 4 is 11.8 Å². The van der Waals surface area contributed by atoms with E-state index in [1.807, 2.05) is 6.92 Å². The highest BCUT2D eigenvalue weighted by atomic mass is 16.5. The fourth-order valence-corrected chi connectivity index (χ4v) is 2.20. The lowest BCUT2D eigenvalue weighted by molar-refractivity contribution is -0.157. The molecule has 0 amide bonds. The second-order valence-electron chi connectivity index (χ2n) is 5.47. The first-order chi connectivity index (χ1) is 9.02. The van der Waals surface area contributed by atoms with Gasteiger partial charge in [0.25, 0.3) is 0 Å². The van der Waals surface area contributed by atoms with Crippen LogP contribution in [-0.2, 0) is 14.3 Å². The molecule has 0 fully saturated rings. The van der Waals surface area contributed by atoms with Crippen LogP contribution in [0.25, 0.3) is 0 Å². The van der Waals surface area contributed by atoms with Gasteiger partial charge < -0.3 is 4.74 Å². The van der Waals surface area contributed by atoms with Gasteiger partial charge in [0.05, 0.1) is 7.11 Å². The fraction of sp³-hybridized carbons (Fsp3) is 0.875. The molecule has 0 saturated carbocycles. The van der Waals surface area contributed by atoms with Crippen LogP contribution in [0.15, 0.2) is 0 Å². The van der Waals surface area contributed by atoms with E-state index in [1.54, 1.807) is 6.92 Å². The molecule has 0 aliphatic heterocycles. The number of rotatable bonds is 11. The maximum Gasteiger partial charge on any atom is 0.319 e. The highest BCUT2D eigenvalue weighted by Crippen LogP contribution is 2.27. The molecule has 1 atom stereocenters. The van der Waals surface area contributed by atoms with Crippen LogP contribution in [0.3, 0.4) is 0 Å². The third kappa shape index (κ3) is 6.22. The number of esters is 1. The van der Waals surface area contributed by atoms with Crippen LogP contribution < -0.4 is 0 Å². The Bertz CT molecular complexity index is 273. The van der Waals surface area contributed by atoms with Crippen LogP contribution in [-0.4, -0.2) is 18.9 Å². The third-order valence-electron chi connectivity index (χ3n) is 3.97. The molecule has 0 bridgehead atoms. The van der Waals surface area contributed by atoms with E-state index < -0.39 is 11.4 Å². The molecule has 0 radical (unpaired) electrons. The van der Waals surface area contributed by atoms with Gasteiger partial charge in [0.1, 0.15) is 11.2 Å². The second kappa shape index (κ2) is 9.99. The highest BCUT2D eigenvalue weighted by molar-refractivity contribution is 6.03. The van der Waals surface area contributed by atoms with Crippen LogP contribution in [0.5, 0.6) is 0 Å². The fourth-order valence-electron chi connectivity index (χ4n) is 2.20. The number of ketones is 1. The SMILES string of the molecule is CCCCCCCCCC(=O)C(C)(CC)C(=O)OC. The van der Waals surface area contributed by atoms with E-state index in [0.29, 0.717) is 12.8 Å². The predicted molar refractivity (Wildman–Crippen MR) is 78.0 cm³/mol. The molecule has 1 unspecified atom stereocenters. The van der Waals surface area contributed by atoms with E-state index in [4.69, 9.17) is 4.74 Å². The minimum atomic E-state index is -0.947. The number of hydrogen-bond donors (Lipinski definition) is 0. The predicted octanol–water partition coefficient (Wildman–Crippen LogP) is 4.29. The summed E-state index contributed by atoms with van der Waals surface area (Å²) in [5.41, 5.74) is -0.947. The largest absolute Gasteiger partial charge is 0.468 e. The Hall–Kier alpha value is -0.860. The third-order valence-corrected chi connectivity index (χ3v) is 3.97. The van der Waals surface area contributed by atoms with Crippen LogP contribution in [0.2, 0.25) is 0 Å². The molecule has 0 aromatic rings. The summed E-state index contributed by atoms with van der Waals surface area (Å²) in [6, 6.07) is 0. The van der Waals surface area contributed by atoms with Crippen LogP contribution in [0, 0.1) is 5.41 Å². The monoisotopic (exact) mass is 270 g/mol. The molecule has 0 aliphatic carbocycles. The molecular weight excluding hydrogens is 240 g/mol. The number of ether oxygens (including phenoxy) is 1. The van der Waals surface area contributed by atoms with Gasteiger partial charge in [-0.3, -0.25) is 9.59 Å². The van der Waals surface area contributed by atoms with E-state index in [9.17, 15) is 9.59 Å². The Kier molecular flexibility index (Phi) is 9.54. The van der Waals surface area contributed by atoms with Gasteiger partial charge in [-0.15, -0.1) is 0 Å². The lowest BCUT2D eigenvalue weighted by atomic mass is 9.81. The summed E-state index contributed by atoms with van der Waals surface area (Å²) in [5.74, 6) is -0.377. The average Bonchev–Trinajstić information content (AvgIpc) is 2.44. The maximum absolute atomic E-state index is 12.1. The minimum Gasteiger partial charge on any atom is -0.468 e. The standard InChI is InChI=1S/C16H30O3/c1-5-7-8-9-10-11-12-13-14(17)16(3,6-2)15(18)19-4/h5-13H2,1-4H3. The Labute approximate surface area is 118 Å². The lowest BCUT2D eigenvalue weighted by Gasteiger charge is -2.23. The van der Waals surface area contributed by atoms with Crippen molar-refractivity contribution in [1.82, 2.24) is 0 Å². The van der Waals surface area contributed by atoms with E-state index in [-0.39, 0.29) is 5.78 Å². The topological polar surface area (TPSA) is 43.4 Å². The summed E-state index contributed by atoms with van der Waals surface area (Å²) in [5, 5.41) is 0. The Morgan fingerprint density at radius 1 is 0.947 bits per heavy atom. The van der Waals surface area contributed by atoms with E-state index in [1.165, 1.54) is 39.2 Å². The van der Waals surface area contributed by atoms with Crippen molar-refractivity contribution in [3.63, 3.8) is 0 Å². The van der Waals surface area contributed by atoms with E-state index in [0.717, 1.165) is 12.8 Å². The molecule has 0 N–H and O–H groups in total. The van der Waals surface area contributed by atoms with Crippen molar-refractivity contribution in [3.05, 3.63) is 0 Å². The van der Waals surface area contributed by atoms with Crippen molar-refractivity contribution in [2.24, 2.45) is 5.41 Å². The number of unbranched alkanes of at least 4 members (excludes halogenated alkanes) is 6. The quantitative estimate of drug-likeness (QED) is 0.319. The first kappa shape index (κ1) is 18.1. The van der Waals surface area contributed by atoms with Crippen molar-refractivity contribution < 1.29 is 14.3 Å². The smallest absolute Gasteiger partial charge is 0.319 e. The lowest BCUT2D eigenvalue weighted by Crippen LogP contribution is -2.36. The van der Waals surface area contributed by atoms with Crippen molar-refractivity contribution in [1.29, 1.82) is 0 Å². The van der Waals surface area contributed by atoms with Gasteiger partial charge in [-0.05, 0) is 19.8 Å². The molecule has 3 nitrogen and oxygen atoms in total. The van der Waals surface area contributed by atoms with Gasteiger partial charge in [-0.1, -0.05) is 52.4 Å². The summed E-state index contributed by atoms with van der Waals surface area (Å²) in [7, 11) is 1.34. The summed E-state index contributed by atoms with van der Waals surface area (Å²) in [6.07, 6.45) is 9.26. The number of methoxy groups -OCH3 is 1. The van der Waals surface area contributed by atoms with Gasteiger partial charge in [0.2, 0.25) is 0 Å². The Balaban J connectivity index is 3.93. The van der Waals surface area contributed by atoms with Crippen LogP contribution >= 0.6 is 0 Å². The minimum absolute atomic E-state index is 0.0235. The molecule has 0 heterocycles. The molecule has 3 heteroatoms. The van der Waals surface area contributed by atoms with Crippen LogP contribution in [0.1, 0.15) is 78.6 Å². The first-order valence-electron chi connectivity index (χ1n) is 7.64.